The van der Waals surface area contributed by atoms with E-state index in [0.717, 1.165) is 5.56 Å². The third-order valence-electron chi connectivity index (χ3n) is 2.16. The Balaban J connectivity index is 2.29. The summed E-state index contributed by atoms with van der Waals surface area (Å²) >= 11 is 0. The predicted octanol–water partition coefficient (Wildman–Crippen LogP) is 1.59. The highest BCUT2D eigenvalue weighted by Crippen LogP contribution is 2.22. The molecule has 0 saturated carbocycles. The van der Waals surface area contributed by atoms with Crippen LogP contribution in [-0.4, -0.2) is 24.0 Å². The summed E-state index contributed by atoms with van der Waals surface area (Å²) in [6, 6.07) is 9.70. The Bertz CT molecular complexity index is 345. The molecule has 66 valence electrons. The average Bonchev–Trinajstić information content (AvgIpc) is 2.49. The average molecular weight is 176 g/mol. The molecule has 0 aliphatic carbocycles. The van der Waals surface area contributed by atoms with Gasteiger partial charge in [-0.25, -0.2) is 0 Å². The molecule has 3 nitrogen and oxygen atoms in total. The minimum atomic E-state index is -0.353. The van der Waals surface area contributed by atoms with Crippen LogP contribution in [0.1, 0.15) is 11.6 Å². The molecule has 1 fully saturated rings. The summed E-state index contributed by atoms with van der Waals surface area (Å²) < 4.78 is 6.23. The van der Waals surface area contributed by atoms with Crippen LogP contribution in [0.3, 0.4) is 0 Å². The van der Waals surface area contributed by atoms with Crippen LogP contribution < -0.4 is 0 Å². The summed E-state index contributed by atoms with van der Waals surface area (Å²) in [5, 5.41) is 0. The van der Waals surface area contributed by atoms with E-state index in [1.165, 1.54) is 4.58 Å². The molecule has 1 unspecified atom stereocenters. The predicted molar refractivity (Wildman–Crippen MR) is 47.9 cm³/mol. The summed E-state index contributed by atoms with van der Waals surface area (Å²) in [5.74, 6) is 0. The van der Waals surface area contributed by atoms with Crippen LogP contribution in [0.25, 0.3) is 0 Å². The largest absolute Gasteiger partial charge is 0.596 e. The maximum atomic E-state index is 11.0. The first-order valence-electron chi connectivity index (χ1n) is 4.10. The van der Waals surface area contributed by atoms with Crippen molar-refractivity contribution in [2.75, 3.05) is 6.61 Å². The van der Waals surface area contributed by atoms with E-state index >= 15 is 0 Å². The monoisotopic (exact) mass is 176 g/mol. The lowest BCUT2D eigenvalue weighted by Gasteiger charge is -2.00. The third kappa shape index (κ3) is 1.33. The van der Waals surface area contributed by atoms with E-state index in [4.69, 9.17) is 4.74 Å². The number of cyclic esters (lactones) is 1. The van der Waals surface area contributed by atoms with Crippen molar-refractivity contribution in [2.24, 2.45) is 0 Å². The van der Waals surface area contributed by atoms with E-state index in [2.05, 4.69) is 6.72 Å². The van der Waals surface area contributed by atoms with E-state index in [1.54, 1.807) is 0 Å². The molecular weight excluding hydrogens is 166 g/mol. The molecule has 1 saturated heterocycles. The molecule has 0 radical (unpaired) electrons. The molecule has 0 aromatic heterocycles. The fraction of sp³-hybridized carbons (Fsp3) is 0.200. The third-order valence-corrected chi connectivity index (χ3v) is 2.16. The second kappa shape index (κ2) is 3.01. The Labute approximate surface area is 76.3 Å². The molecule has 3 heteroatoms. The van der Waals surface area contributed by atoms with Gasteiger partial charge < -0.3 is 4.74 Å². The molecule has 1 atom stereocenters. The Kier molecular flexibility index (Phi) is 1.85. The van der Waals surface area contributed by atoms with Gasteiger partial charge in [-0.15, -0.1) is 4.58 Å². The zero-order valence-corrected chi connectivity index (χ0v) is 7.14. The maximum absolute atomic E-state index is 11.0. The van der Waals surface area contributed by atoms with Gasteiger partial charge in [-0.2, -0.15) is 4.79 Å². The number of ether oxygens (including phenoxy) is 1. The Hall–Kier alpha value is -1.64. The van der Waals surface area contributed by atoms with Gasteiger partial charge in [-0.3, -0.25) is 0 Å². The van der Waals surface area contributed by atoms with Crippen LogP contribution in [-0.2, 0) is 4.74 Å². The van der Waals surface area contributed by atoms with Crippen LogP contribution in [0, 0.1) is 0 Å². The molecule has 13 heavy (non-hydrogen) atoms. The Morgan fingerprint density at radius 2 is 2.08 bits per heavy atom. The molecule has 0 N–H and O–H groups in total. The van der Waals surface area contributed by atoms with E-state index in [-0.39, 0.29) is 12.1 Å². The van der Waals surface area contributed by atoms with Crippen LogP contribution in [0.2, 0.25) is 0 Å². The lowest BCUT2D eigenvalue weighted by atomic mass is 10.1. The number of hydrogen-bond donors (Lipinski definition) is 0. The van der Waals surface area contributed by atoms with Crippen LogP contribution in [0.15, 0.2) is 30.3 Å². The number of benzene rings is 1. The molecule has 0 bridgehead atoms. The topological polar surface area (TPSA) is 29.3 Å². The van der Waals surface area contributed by atoms with Crippen molar-refractivity contribution in [1.82, 2.24) is 0 Å². The lowest BCUT2D eigenvalue weighted by molar-refractivity contribution is -0.451. The van der Waals surface area contributed by atoms with Crippen molar-refractivity contribution in [1.29, 1.82) is 0 Å². The molecule has 1 amide bonds. The van der Waals surface area contributed by atoms with Crippen LogP contribution >= 0.6 is 0 Å². The molecule has 0 spiro atoms. The first kappa shape index (κ1) is 7.98. The SMILES string of the molecule is C=[N+]1C(=O)OCC1c1ccccc1. The van der Waals surface area contributed by atoms with Gasteiger partial charge >= 0.3 is 6.09 Å². The summed E-state index contributed by atoms with van der Waals surface area (Å²) in [7, 11) is 0. The fourth-order valence-electron chi connectivity index (χ4n) is 1.40. The standard InChI is InChI=1S/C10H10NO2/c1-11-9(7-13-10(11)12)8-5-3-2-4-6-8/h2-6,9H,1,7H2/q+1. The highest BCUT2D eigenvalue weighted by Gasteiger charge is 2.37. The highest BCUT2D eigenvalue weighted by atomic mass is 16.6. The van der Waals surface area contributed by atoms with Gasteiger partial charge in [0, 0.05) is 5.56 Å². The van der Waals surface area contributed by atoms with Gasteiger partial charge in [-0.1, -0.05) is 30.3 Å². The molecule has 2 rings (SSSR count). The van der Waals surface area contributed by atoms with Gasteiger partial charge in [-0.05, 0) is 0 Å². The van der Waals surface area contributed by atoms with Gasteiger partial charge in [0.15, 0.2) is 6.61 Å². The lowest BCUT2D eigenvalue weighted by Crippen LogP contribution is -2.14. The molecule has 1 aliphatic rings. The minimum absolute atomic E-state index is 0.0336. The van der Waals surface area contributed by atoms with Crippen molar-refractivity contribution >= 4 is 12.8 Å². The van der Waals surface area contributed by atoms with Crippen LogP contribution in [0.4, 0.5) is 4.79 Å². The summed E-state index contributed by atoms with van der Waals surface area (Å²) in [5.41, 5.74) is 1.06. The number of amides is 1. The zero-order valence-electron chi connectivity index (χ0n) is 7.14. The minimum Gasteiger partial charge on any atom is -0.404 e. The van der Waals surface area contributed by atoms with Gasteiger partial charge in [0.05, 0.1) is 0 Å². The number of nitrogens with zero attached hydrogens (tertiary/aromatic N) is 1. The van der Waals surface area contributed by atoms with Crippen molar-refractivity contribution in [3.05, 3.63) is 35.9 Å². The molecule has 1 heterocycles. The fourth-order valence-corrected chi connectivity index (χ4v) is 1.40. The van der Waals surface area contributed by atoms with Gasteiger partial charge in [0.1, 0.15) is 6.72 Å². The molecule has 1 aromatic carbocycles. The summed E-state index contributed by atoms with van der Waals surface area (Å²) in [6.07, 6.45) is -0.353. The first-order valence-corrected chi connectivity index (χ1v) is 4.10. The number of carbonyl (C=O) groups excluding carboxylic acids is 1. The maximum Gasteiger partial charge on any atom is 0.596 e. The zero-order chi connectivity index (χ0) is 9.26. The summed E-state index contributed by atoms with van der Waals surface area (Å²) in [4.78, 5) is 11.0. The first-order chi connectivity index (χ1) is 6.29. The quantitative estimate of drug-likeness (QED) is 0.608. The Morgan fingerprint density at radius 3 is 2.62 bits per heavy atom. The van der Waals surface area contributed by atoms with E-state index < -0.39 is 0 Å². The van der Waals surface area contributed by atoms with E-state index in [0.29, 0.717) is 6.61 Å². The number of carbonyl (C=O) groups is 1. The Morgan fingerprint density at radius 1 is 1.38 bits per heavy atom. The second-order valence-corrected chi connectivity index (χ2v) is 2.97. The molecular formula is C10H10NO2+. The van der Waals surface area contributed by atoms with Gasteiger partial charge in [0.2, 0.25) is 6.04 Å². The normalized spacial score (nSPS) is 21.7. The number of hydrogen-bond acceptors (Lipinski definition) is 2. The molecule has 1 aliphatic heterocycles. The highest BCUT2D eigenvalue weighted by molar-refractivity contribution is 5.62. The van der Waals surface area contributed by atoms with Crippen molar-refractivity contribution in [3.8, 4) is 0 Å². The van der Waals surface area contributed by atoms with Crippen molar-refractivity contribution in [3.63, 3.8) is 0 Å². The van der Waals surface area contributed by atoms with E-state index in [1.807, 2.05) is 30.3 Å². The van der Waals surface area contributed by atoms with Crippen LogP contribution in [0.5, 0.6) is 0 Å². The van der Waals surface area contributed by atoms with E-state index in [9.17, 15) is 4.79 Å². The second-order valence-electron chi connectivity index (χ2n) is 2.97. The molecule has 1 aromatic rings. The summed E-state index contributed by atoms with van der Waals surface area (Å²) in [6.45, 7) is 4.03. The van der Waals surface area contributed by atoms with Gasteiger partial charge in [0.25, 0.3) is 0 Å². The number of rotatable bonds is 1. The van der Waals surface area contributed by atoms with Crippen molar-refractivity contribution < 1.29 is 14.1 Å². The van der Waals surface area contributed by atoms with Crippen molar-refractivity contribution in [2.45, 2.75) is 6.04 Å². The smallest absolute Gasteiger partial charge is 0.404 e.